The van der Waals surface area contributed by atoms with E-state index in [-0.39, 0.29) is 0 Å². The van der Waals surface area contributed by atoms with Gasteiger partial charge >= 0.3 is 0 Å². The number of rotatable bonds is 8. The summed E-state index contributed by atoms with van der Waals surface area (Å²) >= 11 is 0. The van der Waals surface area contributed by atoms with Gasteiger partial charge in [-0.15, -0.1) is 0 Å². The molecule has 4 rings (SSSR count). The lowest BCUT2D eigenvalue weighted by Crippen LogP contribution is -1.97. The smallest absolute Gasteiger partial charge is 0.120 e. The molecule has 0 spiro atoms. The monoisotopic (exact) mass is 381 g/mol. The van der Waals surface area contributed by atoms with Crippen LogP contribution in [0.4, 0.5) is 0 Å². The third kappa shape index (κ3) is 5.03. The number of hydrogen-bond acceptors (Lipinski definition) is 2. The predicted molar refractivity (Wildman–Crippen MR) is 120 cm³/mol. The van der Waals surface area contributed by atoms with Gasteiger partial charge in [-0.2, -0.15) is 0 Å². The molecule has 0 fully saturated rings. The van der Waals surface area contributed by atoms with Crippen molar-refractivity contribution in [1.82, 2.24) is 4.98 Å². The molecule has 1 aromatic heterocycles. The molecule has 0 aliphatic heterocycles. The highest BCUT2D eigenvalue weighted by molar-refractivity contribution is 5.86. The molecule has 0 saturated carbocycles. The van der Waals surface area contributed by atoms with Gasteiger partial charge in [-0.25, -0.2) is 0 Å². The molecule has 1 heterocycles. The number of fused-ring (bicyclic) bond motifs is 1. The number of unbranched alkanes of at least 4 members (excludes halogenated alkanes) is 1. The van der Waals surface area contributed by atoms with E-state index in [1.807, 2.05) is 30.5 Å². The minimum absolute atomic E-state index is 0.571. The van der Waals surface area contributed by atoms with Crippen molar-refractivity contribution in [3.63, 3.8) is 0 Å². The summed E-state index contributed by atoms with van der Waals surface area (Å²) in [5.74, 6) is 0.880. The van der Waals surface area contributed by atoms with Gasteiger partial charge in [-0.1, -0.05) is 74.0 Å². The zero-order valence-electron chi connectivity index (χ0n) is 17.0. The van der Waals surface area contributed by atoms with Crippen LogP contribution in [0.5, 0.6) is 5.75 Å². The molecule has 0 saturated heterocycles. The molecule has 3 aromatic carbocycles. The van der Waals surface area contributed by atoms with Crippen LogP contribution in [0.25, 0.3) is 10.8 Å². The SMILES string of the molecule is CCCCc1ccc(Cc2nccc3ccc(OCc4ccccc4)cc23)cc1. The summed E-state index contributed by atoms with van der Waals surface area (Å²) < 4.78 is 6.03. The first-order chi connectivity index (χ1) is 14.3. The van der Waals surface area contributed by atoms with Gasteiger partial charge in [0.2, 0.25) is 0 Å². The first-order valence-corrected chi connectivity index (χ1v) is 10.4. The number of hydrogen-bond donors (Lipinski definition) is 0. The number of aromatic nitrogens is 1. The highest BCUT2D eigenvalue weighted by Gasteiger charge is 2.06. The highest BCUT2D eigenvalue weighted by Crippen LogP contribution is 2.25. The number of pyridine rings is 1. The van der Waals surface area contributed by atoms with E-state index in [0.717, 1.165) is 29.7 Å². The lowest BCUT2D eigenvalue weighted by atomic mass is 10.0. The van der Waals surface area contributed by atoms with Crippen LogP contribution in [0.2, 0.25) is 0 Å². The van der Waals surface area contributed by atoms with Crippen molar-refractivity contribution in [1.29, 1.82) is 0 Å². The fraction of sp³-hybridized carbons (Fsp3) is 0.222. The lowest BCUT2D eigenvalue weighted by molar-refractivity contribution is 0.306. The van der Waals surface area contributed by atoms with Crippen LogP contribution >= 0.6 is 0 Å². The topological polar surface area (TPSA) is 22.1 Å². The Bertz CT molecular complexity index is 1050. The Morgan fingerprint density at radius 2 is 1.59 bits per heavy atom. The molecule has 146 valence electrons. The van der Waals surface area contributed by atoms with Crippen molar-refractivity contribution < 1.29 is 4.74 Å². The van der Waals surface area contributed by atoms with E-state index in [4.69, 9.17) is 4.74 Å². The van der Waals surface area contributed by atoms with Crippen molar-refractivity contribution in [3.8, 4) is 5.75 Å². The average molecular weight is 382 g/mol. The predicted octanol–water partition coefficient (Wildman–Crippen LogP) is 6.75. The van der Waals surface area contributed by atoms with Gasteiger partial charge in [0, 0.05) is 18.0 Å². The van der Waals surface area contributed by atoms with E-state index in [2.05, 4.69) is 66.5 Å². The van der Waals surface area contributed by atoms with Crippen LogP contribution in [0.15, 0.2) is 85.1 Å². The number of ether oxygens (including phenoxy) is 1. The third-order valence-electron chi connectivity index (χ3n) is 5.28. The normalized spacial score (nSPS) is 10.9. The molecule has 2 nitrogen and oxygen atoms in total. The lowest BCUT2D eigenvalue weighted by Gasteiger charge is -2.10. The number of nitrogens with zero attached hydrogens (tertiary/aromatic N) is 1. The molecule has 4 aromatic rings. The molecule has 0 unspecified atom stereocenters. The molecule has 0 radical (unpaired) electrons. The van der Waals surface area contributed by atoms with Crippen LogP contribution in [0.3, 0.4) is 0 Å². The van der Waals surface area contributed by atoms with Crippen molar-refractivity contribution in [3.05, 3.63) is 107 Å². The first-order valence-electron chi connectivity index (χ1n) is 10.4. The molecular formula is C27H27NO. The van der Waals surface area contributed by atoms with E-state index < -0.39 is 0 Å². The van der Waals surface area contributed by atoms with Crippen LogP contribution < -0.4 is 4.74 Å². The Balaban J connectivity index is 1.52. The summed E-state index contributed by atoms with van der Waals surface area (Å²) in [5.41, 5.74) is 4.97. The molecule has 0 atom stereocenters. The van der Waals surface area contributed by atoms with Crippen LogP contribution in [-0.2, 0) is 19.4 Å². The molecular weight excluding hydrogens is 354 g/mol. The van der Waals surface area contributed by atoms with Gasteiger partial charge in [0.25, 0.3) is 0 Å². The van der Waals surface area contributed by atoms with Crippen LogP contribution in [0.1, 0.15) is 42.1 Å². The summed E-state index contributed by atoms with van der Waals surface area (Å²) in [7, 11) is 0. The van der Waals surface area contributed by atoms with Crippen molar-refractivity contribution in [2.75, 3.05) is 0 Å². The molecule has 0 aliphatic carbocycles. The molecule has 29 heavy (non-hydrogen) atoms. The number of aryl methyl sites for hydroxylation is 1. The van der Waals surface area contributed by atoms with Gasteiger partial charge in [0.15, 0.2) is 0 Å². The van der Waals surface area contributed by atoms with Gasteiger partial charge in [-0.05, 0) is 53.1 Å². The second-order valence-corrected chi connectivity index (χ2v) is 7.51. The zero-order valence-corrected chi connectivity index (χ0v) is 17.0. The summed E-state index contributed by atoms with van der Waals surface area (Å²) in [6, 6.07) is 27.6. The maximum atomic E-state index is 6.03. The maximum absolute atomic E-state index is 6.03. The van der Waals surface area contributed by atoms with Gasteiger partial charge in [0.1, 0.15) is 12.4 Å². The zero-order chi connectivity index (χ0) is 19.9. The maximum Gasteiger partial charge on any atom is 0.120 e. The summed E-state index contributed by atoms with van der Waals surface area (Å²) in [6.45, 7) is 2.81. The minimum Gasteiger partial charge on any atom is -0.489 e. The quantitative estimate of drug-likeness (QED) is 0.337. The highest BCUT2D eigenvalue weighted by atomic mass is 16.5. The Morgan fingerprint density at radius 3 is 2.38 bits per heavy atom. The summed E-state index contributed by atoms with van der Waals surface area (Å²) in [4.78, 5) is 4.68. The molecule has 0 aliphatic rings. The van der Waals surface area contributed by atoms with Gasteiger partial charge in [0.05, 0.1) is 5.69 Å². The van der Waals surface area contributed by atoms with Crippen molar-refractivity contribution >= 4 is 10.8 Å². The second-order valence-electron chi connectivity index (χ2n) is 7.51. The van der Waals surface area contributed by atoms with E-state index in [1.165, 1.54) is 34.9 Å². The van der Waals surface area contributed by atoms with E-state index >= 15 is 0 Å². The number of benzene rings is 3. The third-order valence-corrected chi connectivity index (χ3v) is 5.28. The van der Waals surface area contributed by atoms with E-state index in [1.54, 1.807) is 0 Å². The molecule has 0 bridgehead atoms. The van der Waals surface area contributed by atoms with Crippen LogP contribution in [0, 0.1) is 0 Å². The molecule has 2 heteroatoms. The van der Waals surface area contributed by atoms with Crippen molar-refractivity contribution in [2.45, 2.75) is 39.2 Å². The summed E-state index contributed by atoms with van der Waals surface area (Å²) in [6.07, 6.45) is 6.36. The Labute approximate surface area is 173 Å². The Kier molecular flexibility index (Phi) is 6.21. The molecule has 0 amide bonds. The van der Waals surface area contributed by atoms with E-state index in [0.29, 0.717) is 6.61 Å². The fourth-order valence-corrected chi connectivity index (χ4v) is 3.58. The largest absolute Gasteiger partial charge is 0.489 e. The van der Waals surface area contributed by atoms with Crippen molar-refractivity contribution in [2.24, 2.45) is 0 Å². The first kappa shape index (κ1) is 19.2. The summed E-state index contributed by atoms with van der Waals surface area (Å²) in [5, 5.41) is 2.36. The van der Waals surface area contributed by atoms with Gasteiger partial charge in [-0.3, -0.25) is 4.98 Å². The van der Waals surface area contributed by atoms with E-state index in [9.17, 15) is 0 Å². The Morgan fingerprint density at radius 1 is 0.793 bits per heavy atom. The second kappa shape index (κ2) is 9.38. The fourth-order valence-electron chi connectivity index (χ4n) is 3.58. The molecule has 0 N–H and O–H groups in total. The average Bonchev–Trinajstić information content (AvgIpc) is 2.78. The van der Waals surface area contributed by atoms with Crippen LogP contribution in [-0.4, -0.2) is 4.98 Å². The van der Waals surface area contributed by atoms with Gasteiger partial charge < -0.3 is 4.74 Å². The Hall–Kier alpha value is -3.13. The minimum atomic E-state index is 0.571. The standard InChI is InChI=1S/C27H27NO/c1-2-3-7-21-10-12-22(13-11-21)18-27-26-19-25(15-14-24(26)16-17-28-27)29-20-23-8-5-4-6-9-23/h4-6,8-17,19H,2-3,7,18,20H2,1H3.